The number of carbonyl (C=O) groups excluding carboxylic acids is 2. The Balaban J connectivity index is 0. The smallest absolute Gasteiger partial charge is 0.319 e. The summed E-state index contributed by atoms with van der Waals surface area (Å²) in [6.07, 6.45) is 2.14. The molecule has 0 aromatic heterocycles. The van der Waals surface area contributed by atoms with Gasteiger partial charge in [-0.2, -0.15) is 0 Å². The highest BCUT2D eigenvalue weighted by Crippen LogP contribution is 2.31. The van der Waals surface area contributed by atoms with Crippen molar-refractivity contribution in [2.45, 2.75) is 47.0 Å². The minimum absolute atomic E-state index is 0. The average Bonchev–Trinajstić information content (AvgIpc) is 2.07. The molecule has 0 unspecified atom stereocenters. The van der Waals surface area contributed by atoms with Crippen molar-refractivity contribution < 1.29 is 14.3 Å². The monoisotopic (exact) mass is 216 g/mol. The van der Waals surface area contributed by atoms with Gasteiger partial charge in [0.15, 0.2) is 17.4 Å². The van der Waals surface area contributed by atoms with Crippen molar-refractivity contribution in [3.8, 4) is 0 Å². The van der Waals surface area contributed by atoms with Crippen LogP contribution < -0.4 is 0 Å². The van der Waals surface area contributed by atoms with Crippen molar-refractivity contribution in [1.29, 1.82) is 0 Å². The Morgan fingerprint density at radius 1 is 1.07 bits per heavy atom. The Kier molecular flexibility index (Phi) is 8.09. The molecule has 0 radical (unpaired) electrons. The van der Waals surface area contributed by atoms with Gasteiger partial charge in [-0.1, -0.05) is 20.8 Å². The predicted octanol–water partition coefficient (Wildman–Crippen LogP) is 1.11. The number of hydrogen-bond donors (Lipinski definition) is 0. The average molecular weight is 216 g/mol. The third-order valence-corrected chi connectivity index (χ3v) is 2.70. The third kappa shape index (κ3) is 3.81. The van der Waals surface area contributed by atoms with Gasteiger partial charge in [-0.15, -0.1) is 0 Å². The largest absolute Gasteiger partial charge is 0.393 e. The summed E-state index contributed by atoms with van der Waals surface area (Å²) in [5.41, 5.74) is -0.467. The van der Waals surface area contributed by atoms with E-state index in [0.29, 0.717) is 19.3 Å². The summed E-state index contributed by atoms with van der Waals surface area (Å²) in [6, 6.07) is 0. The molecule has 0 rings (SSSR count). The molecule has 0 fully saturated rings. The molecule has 0 atom stereocenters. The van der Waals surface area contributed by atoms with Crippen molar-refractivity contribution in [3.63, 3.8) is 0 Å². The fraction of sp³-hybridized carbons (Fsp3) is 0.800. The van der Waals surface area contributed by atoms with Gasteiger partial charge in [0.2, 0.25) is 0 Å². The fourth-order valence-corrected chi connectivity index (χ4v) is 1.42. The summed E-state index contributed by atoms with van der Waals surface area (Å²) in [5, 5.41) is 0. The molecule has 3 nitrogen and oxygen atoms in total. The maximum absolute atomic E-state index is 11.5. The molecule has 0 saturated heterocycles. The number of rotatable bonds is 4. The second kappa shape index (κ2) is 7.03. The number of carbonyl (C=O) groups is 2. The number of hydrogen-bond acceptors (Lipinski definition) is 3. The first-order valence-electron chi connectivity index (χ1n) is 4.75. The van der Waals surface area contributed by atoms with Gasteiger partial charge in [0.1, 0.15) is 0 Å². The lowest BCUT2D eigenvalue weighted by Crippen LogP contribution is -2.32. The summed E-state index contributed by atoms with van der Waals surface area (Å²) in [4.78, 5) is 22.1. The van der Waals surface area contributed by atoms with Crippen LogP contribution in [0, 0.1) is 5.41 Å². The Labute approximate surface area is 96.3 Å². The van der Waals surface area contributed by atoms with E-state index in [2.05, 4.69) is 4.74 Å². The second-order valence-corrected chi connectivity index (χ2v) is 3.22. The summed E-state index contributed by atoms with van der Waals surface area (Å²) < 4.78 is 4.61. The maximum atomic E-state index is 11.5. The second-order valence-electron chi connectivity index (χ2n) is 3.22. The lowest BCUT2D eigenvalue weighted by atomic mass is 9.80. The van der Waals surface area contributed by atoms with Crippen LogP contribution in [-0.4, -0.2) is 29.3 Å². The highest BCUT2D eigenvalue weighted by molar-refractivity contribution is 5.87. The molecular weight excluding hydrogens is 195 g/mol. The lowest BCUT2D eigenvalue weighted by molar-refractivity contribution is -0.166. The summed E-state index contributed by atoms with van der Waals surface area (Å²) in [6.45, 7) is 7.07. The van der Waals surface area contributed by atoms with E-state index in [1.807, 2.05) is 20.8 Å². The molecule has 0 aliphatic heterocycles. The quantitative estimate of drug-likeness (QED) is 0.401. The zero-order chi connectivity index (χ0) is 10.5. The van der Waals surface area contributed by atoms with Crippen LogP contribution in [0.5, 0.6) is 0 Å². The van der Waals surface area contributed by atoms with Crippen molar-refractivity contribution in [2.24, 2.45) is 5.41 Å². The van der Waals surface area contributed by atoms with E-state index in [0.717, 1.165) is 0 Å². The van der Waals surface area contributed by atoms with E-state index >= 15 is 0 Å². The summed E-state index contributed by atoms with van der Waals surface area (Å²) in [5.74, 6) is -0.905. The normalized spacial score (nSPS) is 10.3. The van der Waals surface area contributed by atoms with Crippen molar-refractivity contribution in [1.82, 2.24) is 0 Å². The highest BCUT2D eigenvalue weighted by atomic mass is 27.0. The Bertz CT molecular complexity index is 189. The highest BCUT2D eigenvalue weighted by Gasteiger charge is 2.35. The molecule has 14 heavy (non-hydrogen) atoms. The number of ether oxygens (including phenoxy) is 1. The van der Waals surface area contributed by atoms with Crippen LogP contribution in [-0.2, 0) is 14.3 Å². The van der Waals surface area contributed by atoms with Crippen LogP contribution >= 0.6 is 0 Å². The molecule has 0 bridgehead atoms. The van der Waals surface area contributed by atoms with Gasteiger partial charge in [-0.05, 0) is 19.3 Å². The van der Waals surface area contributed by atoms with E-state index < -0.39 is 11.4 Å². The van der Waals surface area contributed by atoms with Crippen molar-refractivity contribution >= 4 is 29.3 Å². The molecule has 0 saturated carbocycles. The van der Waals surface area contributed by atoms with Crippen LogP contribution in [0.25, 0.3) is 0 Å². The molecule has 0 aliphatic rings. The zero-order valence-electron chi connectivity index (χ0n) is 8.85. The van der Waals surface area contributed by atoms with Gasteiger partial charge < -0.3 is 4.74 Å². The van der Waals surface area contributed by atoms with Crippen LogP contribution in [0.2, 0.25) is 0 Å². The molecule has 0 amide bonds. The van der Waals surface area contributed by atoms with Crippen LogP contribution in [0.3, 0.4) is 0 Å². The minimum Gasteiger partial charge on any atom is -0.393 e. The van der Waals surface area contributed by atoms with Gasteiger partial charge in [0.25, 0.3) is 0 Å². The Morgan fingerprint density at radius 2 is 1.43 bits per heavy atom. The minimum atomic E-state index is -0.523. The van der Waals surface area contributed by atoms with E-state index in [1.165, 1.54) is 6.92 Å². The van der Waals surface area contributed by atoms with Crippen molar-refractivity contribution in [2.75, 3.05) is 0 Å². The molecule has 0 aliphatic carbocycles. The number of esters is 2. The van der Waals surface area contributed by atoms with E-state index in [-0.39, 0.29) is 23.3 Å². The van der Waals surface area contributed by atoms with Gasteiger partial charge in [-0.3, -0.25) is 9.59 Å². The van der Waals surface area contributed by atoms with Crippen LogP contribution in [0.15, 0.2) is 0 Å². The molecular formula is C10H21AlO3. The van der Waals surface area contributed by atoms with E-state index in [1.54, 1.807) is 0 Å². The molecule has 0 heterocycles. The first-order valence-corrected chi connectivity index (χ1v) is 4.75. The topological polar surface area (TPSA) is 43.4 Å². The molecule has 0 aromatic carbocycles. The lowest BCUT2D eigenvalue weighted by Gasteiger charge is -2.26. The SMILES string of the molecule is CCC(CC)(CC)C(=O)OC(C)=O.[AlH3]. The van der Waals surface area contributed by atoms with Crippen LogP contribution in [0.1, 0.15) is 47.0 Å². The van der Waals surface area contributed by atoms with Crippen LogP contribution in [0.4, 0.5) is 0 Å². The van der Waals surface area contributed by atoms with Crippen molar-refractivity contribution in [3.05, 3.63) is 0 Å². The van der Waals surface area contributed by atoms with Gasteiger partial charge in [0, 0.05) is 6.92 Å². The summed E-state index contributed by atoms with van der Waals surface area (Å²) >= 11 is 0. The predicted molar refractivity (Wildman–Crippen MR) is 60.0 cm³/mol. The third-order valence-electron chi connectivity index (χ3n) is 2.70. The first-order chi connectivity index (χ1) is 6.02. The molecule has 0 spiro atoms. The fourth-order valence-electron chi connectivity index (χ4n) is 1.42. The molecule has 0 aromatic rings. The first kappa shape index (κ1) is 16.1. The van der Waals surface area contributed by atoms with E-state index in [4.69, 9.17) is 0 Å². The summed E-state index contributed by atoms with van der Waals surface area (Å²) in [7, 11) is 0. The molecule has 82 valence electrons. The van der Waals surface area contributed by atoms with Gasteiger partial charge in [0.05, 0.1) is 5.41 Å². The molecule has 4 heteroatoms. The Morgan fingerprint density at radius 3 is 1.64 bits per heavy atom. The van der Waals surface area contributed by atoms with Gasteiger partial charge >= 0.3 is 11.9 Å². The van der Waals surface area contributed by atoms with E-state index in [9.17, 15) is 9.59 Å². The Hall–Kier alpha value is -0.328. The maximum Gasteiger partial charge on any atom is 0.319 e. The molecule has 0 N–H and O–H groups in total. The van der Waals surface area contributed by atoms with Gasteiger partial charge in [-0.25, -0.2) is 0 Å². The standard InChI is InChI=1S/C10H18O3.Al.3H/c1-5-10(6-2,7-3)9(12)13-8(4)11;;;;/h5-7H2,1-4H3;;;;. The zero-order valence-corrected chi connectivity index (χ0v) is 8.85.